The van der Waals surface area contributed by atoms with E-state index in [1.54, 1.807) is 12.0 Å². The zero-order valence-corrected chi connectivity index (χ0v) is 16.3. The second-order valence-electron chi connectivity index (χ2n) is 6.33. The van der Waals surface area contributed by atoms with Crippen molar-refractivity contribution in [3.05, 3.63) is 65.7 Å². The summed E-state index contributed by atoms with van der Waals surface area (Å²) >= 11 is 0. The Labute approximate surface area is 161 Å². The van der Waals surface area contributed by atoms with Crippen LogP contribution in [-0.4, -0.2) is 36.4 Å². The van der Waals surface area contributed by atoms with Gasteiger partial charge in [0.25, 0.3) is 0 Å². The van der Waals surface area contributed by atoms with Crippen LogP contribution in [0.3, 0.4) is 0 Å². The van der Waals surface area contributed by atoms with Crippen LogP contribution in [0.5, 0.6) is 5.75 Å². The van der Waals surface area contributed by atoms with Gasteiger partial charge in [0, 0.05) is 25.9 Å². The number of nitrogens with one attached hydrogen (secondary N) is 1. The van der Waals surface area contributed by atoms with E-state index in [2.05, 4.69) is 5.32 Å². The average Bonchev–Trinajstić information content (AvgIpc) is 2.71. The van der Waals surface area contributed by atoms with Crippen LogP contribution in [0.25, 0.3) is 0 Å². The fraction of sp³-hybridized carbons (Fsp3) is 0.364. The average molecular weight is 368 g/mol. The van der Waals surface area contributed by atoms with Gasteiger partial charge in [0.05, 0.1) is 7.11 Å². The molecule has 5 nitrogen and oxygen atoms in total. The van der Waals surface area contributed by atoms with Crippen molar-refractivity contribution >= 4 is 11.8 Å². The van der Waals surface area contributed by atoms with Crippen molar-refractivity contribution in [3.8, 4) is 5.75 Å². The van der Waals surface area contributed by atoms with Gasteiger partial charge in [0.1, 0.15) is 11.8 Å². The first-order valence-electron chi connectivity index (χ1n) is 9.33. The minimum absolute atomic E-state index is 0.0509. The molecule has 0 saturated heterocycles. The normalized spacial score (nSPS) is 11.5. The predicted molar refractivity (Wildman–Crippen MR) is 106 cm³/mol. The van der Waals surface area contributed by atoms with Crippen LogP contribution < -0.4 is 10.1 Å². The zero-order chi connectivity index (χ0) is 19.6. The Hall–Kier alpha value is -2.82. The van der Waals surface area contributed by atoms with Crippen molar-refractivity contribution in [2.75, 3.05) is 13.7 Å². The SMILES string of the molecule is CCNC(=O)[C@H](Cc1ccccc1)N(Cc1cccc(OC)c1)C(=O)CC. The molecule has 0 aromatic heterocycles. The second kappa shape index (κ2) is 10.4. The molecule has 5 heteroatoms. The predicted octanol–water partition coefficient (Wildman–Crippen LogP) is 3.18. The van der Waals surface area contributed by atoms with Crippen molar-refractivity contribution in [1.82, 2.24) is 10.2 Å². The molecule has 0 saturated carbocycles. The van der Waals surface area contributed by atoms with Crippen LogP contribution in [0, 0.1) is 0 Å². The van der Waals surface area contributed by atoms with Crippen LogP contribution in [-0.2, 0) is 22.6 Å². The van der Waals surface area contributed by atoms with E-state index in [1.165, 1.54) is 0 Å². The highest BCUT2D eigenvalue weighted by atomic mass is 16.5. The lowest BCUT2D eigenvalue weighted by molar-refractivity contribution is -0.141. The van der Waals surface area contributed by atoms with Gasteiger partial charge in [-0.3, -0.25) is 9.59 Å². The molecule has 0 aliphatic rings. The van der Waals surface area contributed by atoms with Crippen LogP contribution in [0.4, 0.5) is 0 Å². The highest BCUT2D eigenvalue weighted by molar-refractivity contribution is 5.87. The Morgan fingerprint density at radius 3 is 2.37 bits per heavy atom. The number of ether oxygens (including phenoxy) is 1. The Morgan fingerprint density at radius 1 is 1.04 bits per heavy atom. The number of rotatable bonds is 9. The van der Waals surface area contributed by atoms with Gasteiger partial charge in [-0.05, 0) is 30.2 Å². The summed E-state index contributed by atoms with van der Waals surface area (Å²) in [6.45, 7) is 4.58. The van der Waals surface area contributed by atoms with E-state index in [4.69, 9.17) is 4.74 Å². The highest BCUT2D eigenvalue weighted by Gasteiger charge is 2.29. The fourth-order valence-electron chi connectivity index (χ4n) is 3.02. The van der Waals surface area contributed by atoms with Gasteiger partial charge in [0.15, 0.2) is 0 Å². The summed E-state index contributed by atoms with van der Waals surface area (Å²) in [6, 6.07) is 16.8. The molecular formula is C22H28N2O3. The van der Waals surface area contributed by atoms with Crippen LogP contribution in [0.15, 0.2) is 54.6 Å². The first-order chi connectivity index (χ1) is 13.1. The van der Waals surface area contributed by atoms with Gasteiger partial charge in [0.2, 0.25) is 11.8 Å². The Morgan fingerprint density at radius 2 is 1.74 bits per heavy atom. The Balaban J connectivity index is 2.33. The van der Waals surface area contributed by atoms with Crippen LogP contribution >= 0.6 is 0 Å². The minimum atomic E-state index is -0.564. The molecule has 2 rings (SSSR count). The smallest absolute Gasteiger partial charge is 0.243 e. The molecule has 2 aromatic carbocycles. The molecule has 1 N–H and O–H groups in total. The van der Waals surface area contributed by atoms with E-state index in [0.29, 0.717) is 25.9 Å². The quantitative estimate of drug-likeness (QED) is 0.740. The summed E-state index contributed by atoms with van der Waals surface area (Å²) in [5.74, 6) is 0.546. The first-order valence-corrected chi connectivity index (χ1v) is 9.33. The lowest BCUT2D eigenvalue weighted by atomic mass is 10.0. The Bertz CT molecular complexity index is 746. The van der Waals surface area contributed by atoms with Gasteiger partial charge in [-0.2, -0.15) is 0 Å². The van der Waals surface area contributed by atoms with Gasteiger partial charge >= 0.3 is 0 Å². The molecule has 0 heterocycles. The van der Waals surface area contributed by atoms with Crippen molar-refractivity contribution < 1.29 is 14.3 Å². The number of nitrogens with zero attached hydrogens (tertiary/aromatic N) is 1. The molecule has 0 fully saturated rings. The van der Waals surface area contributed by atoms with E-state index in [1.807, 2.05) is 68.4 Å². The van der Waals surface area contributed by atoms with Crippen molar-refractivity contribution in [2.24, 2.45) is 0 Å². The van der Waals surface area contributed by atoms with Crippen molar-refractivity contribution in [2.45, 2.75) is 39.3 Å². The molecule has 144 valence electrons. The fourth-order valence-corrected chi connectivity index (χ4v) is 3.02. The second-order valence-corrected chi connectivity index (χ2v) is 6.33. The molecule has 0 bridgehead atoms. The number of benzene rings is 2. The van der Waals surface area contributed by atoms with Crippen molar-refractivity contribution in [3.63, 3.8) is 0 Å². The monoisotopic (exact) mass is 368 g/mol. The molecule has 27 heavy (non-hydrogen) atoms. The third-order valence-electron chi connectivity index (χ3n) is 4.41. The zero-order valence-electron chi connectivity index (χ0n) is 16.3. The largest absolute Gasteiger partial charge is 0.497 e. The van der Waals surface area contributed by atoms with E-state index in [0.717, 1.165) is 16.9 Å². The molecule has 2 aromatic rings. The van der Waals surface area contributed by atoms with Gasteiger partial charge in [-0.15, -0.1) is 0 Å². The number of methoxy groups -OCH3 is 1. The third kappa shape index (κ3) is 5.84. The standard InChI is InChI=1S/C22H28N2O3/c1-4-21(25)24(16-18-12-9-13-19(14-18)27-3)20(22(26)23-5-2)15-17-10-7-6-8-11-17/h6-14,20H,4-5,15-16H2,1-3H3,(H,23,26)/t20-/m0/s1. The summed E-state index contributed by atoms with van der Waals surface area (Å²) in [6.07, 6.45) is 0.817. The maximum absolute atomic E-state index is 12.8. The number of hydrogen-bond acceptors (Lipinski definition) is 3. The van der Waals surface area contributed by atoms with Gasteiger partial charge in [-0.1, -0.05) is 49.4 Å². The number of amides is 2. The minimum Gasteiger partial charge on any atom is -0.497 e. The molecule has 2 amide bonds. The number of likely N-dealkylation sites (N-methyl/N-ethyl adjacent to an activating group) is 1. The Kier molecular flexibility index (Phi) is 7.86. The number of carbonyl (C=O) groups is 2. The molecule has 0 spiro atoms. The summed E-state index contributed by atoms with van der Waals surface area (Å²) in [5.41, 5.74) is 1.95. The summed E-state index contributed by atoms with van der Waals surface area (Å²) in [7, 11) is 1.61. The lowest BCUT2D eigenvalue weighted by Gasteiger charge is -2.31. The van der Waals surface area contributed by atoms with E-state index < -0.39 is 6.04 Å². The van der Waals surface area contributed by atoms with Gasteiger partial charge in [-0.25, -0.2) is 0 Å². The molecule has 0 aliphatic heterocycles. The lowest BCUT2D eigenvalue weighted by Crippen LogP contribution is -2.50. The molecule has 0 aliphatic carbocycles. The topological polar surface area (TPSA) is 58.6 Å². The molecular weight excluding hydrogens is 340 g/mol. The van der Waals surface area contributed by atoms with E-state index in [-0.39, 0.29) is 11.8 Å². The van der Waals surface area contributed by atoms with E-state index in [9.17, 15) is 9.59 Å². The van der Waals surface area contributed by atoms with Crippen LogP contribution in [0.1, 0.15) is 31.4 Å². The van der Waals surface area contributed by atoms with Crippen molar-refractivity contribution in [1.29, 1.82) is 0 Å². The summed E-state index contributed by atoms with van der Waals surface area (Å²) < 4.78 is 5.28. The number of hydrogen-bond donors (Lipinski definition) is 1. The third-order valence-corrected chi connectivity index (χ3v) is 4.41. The molecule has 1 atom stereocenters. The summed E-state index contributed by atoms with van der Waals surface area (Å²) in [5, 5.41) is 2.88. The molecule has 0 unspecified atom stereocenters. The van der Waals surface area contributed by atoms with Gasteiger partial charge < -0.3 is 15.0 Å². The first kappa shape index (κ1) is 20.5. The summed E-state index contributed by atoms with van der Waals surface area (Å²) in [4.78, 5) is 27.2. The highest BCUT2D eigenvalue weighted by Crippen LogP contribution is 2.18. The van der Waals surface area contributed by atoms with Crippen LogP contribution in [0.2, 0.25) is 0 Å². The molecule has 0 radical (unpaired) electrons. The number of carbonyl (C=O) groups excluding carboxylic acids is 2. The maximum atomic E-state index is 12.8. The maximum Gasteiger partial charge on any atom is 0.243 e. The van der Waals surface area contributed by atoms with E-state index >= 15 is 0 Å².